The maximum Gasteiger partial charge on any atom is 0.193 e. The minimum atomic E-state index is -0.121. The number of nitrogens with one attached hydrogen (secondary N) is 2. The molecule has 0 bridgehead atoms. The van der Waals surface area contributed by atoms with Crippen molar-refractivity contribution < 1.29 is 179 Å². The van der Waals surface area contributed by atoms with Crippen molar-refractivity contribution >= 4 is 129 Å². The molecule has 78 heavy (non-hydrogen) atoms. The van der Waals surface area contributed by atoms with E-state index in [9.17, 15) is 28.8 Å². The summed E-state index contributed by atoms with van der Waals surface area (Å²) < 4.78 is 21.3. The van der Waals surface area contributed by atoms with Crippen LogP contribution < -0.4 is 22.1 Å². The molecular weight excluding hydrogens is 1450 g/mol. The van der Waals surface area contributed by atoms with Gasteiger partial charge in [-0.1, -0.05) is 50.4 Å². The van der Waals surface area contributed by atoms with Crippen LogP contribution in [-0.2, 0) is 179 Å². The molecule has 0 heterocycles. The van der Waals surface area contributed by atoms with E-state index in [0.29, 0.717) is 122 Å². The molecule has 26 heteroatoms. The molecule has 2 amide bonds. The minimum Gasteiger partial charge on any atom is -0.378 e. The Morgan fingerprint density at radius 1 is 0.423 bits per heavy atom. The first-order chi connectivity index (χ1) is 35.8. The molecule has 0 saturated heterocycles. The molecule has 14 nitrogen and oxygen atoms in total. The molecule has 0 rings (SSSR count). The number of rotatable bonds is 52. The van der Waals surface area contributed by atoms with Gasteiger partial charge in [-0.25, -0.2) is 50.5 Å². The fraction of sp³-hybridized carbons (Fsp3) is 0.731. The van der Waals surface area contributed by atoms with Crippen molar-refractivity contribution in [2.45, 2.75) is 105 Å². The van der Waals surface area contributed by atoms with Gasteiger partial charge in [0.15, 0.2) is 11.8 Å². The first kappa shape index (κ1) is 98.8. The number of carbonyl (C=O) groups excluding carboxylic acids is 6. The van der Waals surface area contributed by atoms with Crippen LogP contribution in [0.15, 0.2) is 0 Å². The van der Waals surface area contributed by atoms with E-state index in [1.165, 1.54) is 0 Å². The predicted octanol–water partition coefficient (Wildman–Crippen LogP) is 8.54. The van der Waals surface area contributed by atoms with Gasteiger partial charge in [0, 0.05) is 157 Å². The van der Waals surface area contributed by atoms with Crippen LogP contribution in [0.4, 0.5) is 0 Å². The smallest absolute Gasteiger partial charge is 0.193 e. The summed E-state index contributed by atoms with van der Waals surface area (Å²) in [6, 6.07) is 0. The maximum absolute atomic E-state index is 12.8. The topological polar surface area (TPSA) is 215 Å². The fourth-order valence-corrected chi connectivity index (χ4v) is 9.78. The number of ether oxygens (including phenoxy) is 4. The molecule has 0 spiro atoms. The van der Waals surface area contributed by atoms with Gasteiger partial charge in [-0.2, -0.15) is 12.8 Å². The first-order valence-electron chi connectivity index (χ1n) is 25.5. The largest absolute Gasteiger partial charge is 0.378 e. The normalized spacial score (nSPS) is 10.9. The summed E-state index contributed by atoms with van der Waals surface area (Å²) in [5, 5.41) is 5.91. The van der Waals surface area contributed by atoms with Crippen LogP contribution in [0.2, 0.25) is 0 Å². The van der Waals surface area contributed by atoms with Gasteiger partial charge in [0.05, 0.1) is 52.9 Å². The Kier molecular flexibility index (Phi) is 109. The summed E-state index contributed by atoms with van der Waals surface area (Å²) in [5.41, 5.74) is 10.7. The number of carbonyl (C=O) groups is 6. The first-order valence-corrected chi connectivity index (χ1v) is 33.0. The molecule has 0 fully saturated rings. The fourth-order valence-electron chi connectivity index (χ4n) is 5.44. The third-order valence-corrected chi connectivity index (χ3v) is 14.5. The van der Waals surface area contributed by atoms with Crippen molar-refractivity contribution in [2.24, 2.45) is 23.3 Å². The van der Waals surface area contributed by atoms with E-state index in [2.05, 4.69) is 80.4 Å². The Hall–Kier alpha value is 4.60. The summed E-state index contributed by atoms with van der Waals surface area (Å²) in [4.78, 5) is 67.1. The summed E-state index contributed by atoms with van der Waals surface area (Å²) in [7, 11) is 7.00. The van der Waals surface area contributed by atoms with Gasteiger partial charge >= 0.3 is 0 Å². The predicted molar refractivity (Wildman–Crippen MR) is 332 cm³/mol. The Bertz CT molecular complexity index is 1280. The molecule has 6 N–H and O–H groups in total. The SMILES string of the molecule is CC(=O)C[CH-]CS.CC(=O)C[CH-]CS.CC(=O)C[CH-]CSSC[CH-]CCCCC([CH-]CSSC[CH-]CC(C)=O)C(=O)NCCOCCOCCN.NCCOCCOCCNC(=O)C([CH-]CS)CCCC[CH-]CS.[Y].[Y].[Y].[Y]. The molecule has 2 atom stereocenters. The standard InChI is InChI=1S/C26H46N2O5S4.C16H32N2O3S2.2C5H9OS.4Y/c1-23(29)9-7-20-35-34-19-6-4-3-5-11-25(12-22-37-36-21-8-10-24(2)30)26(31)28-14-16-33-18-17-32-15-13-27;17-7-9-20-11-12-21-10-8-18-16(19)15(6-14-23)5-3-1-2-4-13-22;2*1-5(6)3-2-4-7;;;;/h6-8,12,25H,3-5,9-11,13-22,27H2,1-2H3,(H,28,31);4,6,15,22-23H,1-3,5,7-14,17H2,(H,18,19);2*2,7H,3-4H2,1H3;;;;/q-4;-2;2*-1;;;;. The second kappa shape index (κ2) is 85.8. The molecule has 0 aromatic carbocycles. The third-order valence-electron chi connectivity index (χ3n) is 9.06. The number of unbranched alkanes of at least 4 members (excludes halogenated alkanes) is 6. The average molecular weight is 1550 g/mol. The van der Waals surface area contributed by atoms with Crippen LogP contribution in [-0.4, -0.2) is 160 Å². The number of thiol groups is 4. The Morgan fingerprint density at radius 2 is 0.756 bits per heavy atom. The molecule has 0 aliphatic rings. The van der Waals surface area contributed by atoms with Crippen LogP contribution in [0.3, 0.4) is 0 Å². The Balaban J connectivity index is -0.000000169. The number of amides is 2. The van der Waals surface area contributed by atoms with E-state index >= 15 is 0 Å². The molecule has 452 valence electrons. The molecular formula is C52H96N4O10S8Y4-8. The molecule has 0 saturated carbocycles. The average Bonchev–Trinajstić information content (AvgIpc) is 3.37. The van der Waals surface area contributed by atoms with Crippen molar-refractivity contribution in [3.63, 3.8) is 0 Å². The molecule has 4 radical (unpaired) electrons. The van der Waals surface area contributed by atoms with Crippen molar-refractivity contribution in [1.29, 1.82) is 0 Å². The van der Waals surface area contributed by atoms with E-state index in [4.69, 9.17) is 30.4 Å². The number of hydrogen-bond donors (Lipinski definition) is 8. The number of ketones is 4. The van der Waals surface area contributed by atoms with Crippen molar-refractivity contribution in [3.05, 3.63) is 51.4 Å². The number of hydrogen-bond acceptors (Lipinski definition) is 20. The molecule has 0 aliphatic heterocycles. The Morgan fingerprint density at radius 3 is 1.10 bits per heavy atom. The second-order valence-electron chi connectivity index (χ2n) is 16.1. The van der Waals surface area contributed by atoms with Crippen LogP contribution in [0.25, 0.3) is 0 Å². The zero-order valence-electron chi connectivity index (χ0n) is 47.4. The van der Waals surface area contributed by atoms with Gasteiger partial charge in [0.1, 0.15) is 23.1 Å². The number of Topliss-reactive ketones (excluding diaryl/α,β-unsaturated/α-hetero) is 4. The van der Waals surface area contributed by atoms with Crippen LogP contribution in [0, 0.1) is 63.2 Å². The quantitative estimate of drug-likeness (QED) is 0.0124. The van der Waals surface area contributed by atoms with Crippen molar-refractivity contribution in [2.75, 3.05) is 125 Å². The van der Waals surface area contributed by atoms with Crippen molar-refractivity contribution in [3.8, 4) is 0 Å². The third kappa shape index (κ3) is 91.8. The summed E-state index contributed by atoms with van der Waals surface area (Å²) in [6.45, 7) is 12.4. The zero-order valence-corrected chi connectivity index (χ0v) is 65.6. The van der Waals surface area contributed by atoms with Gasteiger partial charge in [-0.15, -0.1) is 115 Å². The monoisotopic (exact) mass is 1550 g/mol. The van der Waals surface area contributed by atoms with Gasteiger partial charge in [0.25, 0.3) is 0 Å². The molecule has 0 aromatic rings. The van der Waals surface area contributed by atoms with E-state index in [1.807, 2.05) is 42.9 Å². The maximum atomic E-state index is 12.8. The van der Waals surface area contributed by atoms with Gasteiger partial charge in [-0.3, -0.25) is 9.59 Å². The van der Waals surface area contributed by atoms with E-state index < -0.39 is 0 Å². The second-order valence-corrected chi connectivity index (χ2v) is 22.7. The Labute approximate surface area is 613 Å². The van der Waals surface area contributed by atoms with Crippen molar-refractivity contribution in [1.82, 2.24) is 10.6 Å². The van der Waals surface area contributed by atoms with Crippen LogP contribution >= 0.6 is 93.7 Å². The summed E-state index contributed by atoms with van der Waals surface area (Å²) >= 11 is 16.1. The summed E-state index contributed by atoms with van der Waals surface area (Å²) in [6.07, 6.45) is 26.3. The summed E-state index contributed by atoms with van der Waals surface area (Å²) in [5.74, 6) is 6.99. The van der Waals surface area contributed by atoms with E-state index in [0.717, 1.165) is 80.1 Å². The number of nitrogens with two attached hydrogens (primary N) is 2. The van der Waals surface area contributed by atoms with Gasteiger partial charge in [-0.05, 0) is 27.7 Å². The molecule has 0 aliphatic carbocycles. The van der Waals surface area contributed by atoms with Gasteiger partial charge in [0.2, 0.25) is 0 Å². The molecule has 0 aromatic heterocycles. The molecule has 2 unspecified atom stereocenters. The zero-order chi connectivity index (χ0) is 56.0. The van der Waals surface area contributed by atoms with E-state index in [1.54, 1.807) is 60.1 Å². The van der Waals surface area contributed by atoms with E-state index in [-0.39, 0.29) is 178 Å². The van der Waals surface area contributed by atoms with Crippen LogP contribution in [0.1, 0.15) is 105 Å². The minimum absolute atomic E-state index is 0. The van der Waals surface area contributed by atoms with Crippen LogP contribution in [0.5, 0.6) is 0 Å². The van der Waals surface area contributed by atoms with Gasteiger partial charge < -0.3 is 112 Å².